The fraction of sp³-hybridized carbons (Fsp3) is 0.462. The molecule has 0 fully saturated rings. The highest BCUT2D eigenvalue weighted by Gasteiger charge is 2.11. The second-order valence-corrected chi connectivity index (χ2v) is 3.75. The van der Waals surface area contributed by atoms with Crippen molar-refractivity contribution < 1.29 is 14.3 Å². The molecular formula is C13H19NO3. The van der Waals surface area contributed by atoms with Crippen LogP contribution in [0.15, 0.2) is 24.3 Å². The lowest BCUT2D eigenvalue weighted by atomic mass is 10.2. The molecule has 1 atom stereocenters. The average Bonchev–Trinajstić information content (AvgIpc) is 2.29. The maximum absolute atomic E-state index is 11.3. The minimum Gasteiger partial charge on any atom is -0.495 e. The SMILES string of the molecule is CCOC(=O)CC(C)Nc1ccccc1OC. The highest BCUT2D eigenvalue weighted by molar-refractivity contribution is 5.71. The number of benzene rings is 1. The van der Waals surface area contributed by atoms with Gasteiger partial charge in [-0.2, -0.15) is 0 Å². The van der Waals surface area contributed by atoms with Gasteiger partial charge in [0.05, 0.1) is 25.8 Å². The number of esters is 1. The lowest BCUT2D eigenvalue weighted by Crippen LogP contribution is -2.21. The second-order valence-electron chi connectivity index (χ2n) is 3.75. The van der Waals surface area contributed by atoms with Gasteiger partial charge < -0.3 is 14.8 Å². The van der Waals surface area contributed by atoms with Crippen molar-refractivity contribution in [3.8, 4) is 5.75 Å². The van der Waals surface area contributed by atoms with E-state index < -0.39 is 0 Å². The van der Waals surface area contributed by atoms with E-state index in [0.29, 0.717) is 13.0 Å². The summed E-state index contributed by atoms with van der Waals surface area (Å²) in [5.74, 6) is 0.575. The first-order valence-corrected chi connectivity index (χ1v) is 5.72. The zero-order chi connectivity index (χ0) is 12.7. The molecule has 1 unspecified atom stereocenters. The highest BCUT2D eigenvalue weighted by atomic mass is 16.5. The molecule has 0 heterocycles. The monoisotopic (exact) mass is 237 g/mol. The molecule has 17 heavy (non-hydrogen) atoms. The van der Waals surface area contributed by atoms with Crippen LogP contribution in [0.2, 0.25) is 0 Å². The molecule has 0 saturated carbocycles. The molecule has 4 heteroatoms. The van der Waals surface area contributed by atoms with E-state index in [1.54, 1.807) is 14.0 Å². The van der Waals surface area contributed by atoms with E-state index in [-0.39, 0.29) is 12.0 Å². The Balaban J connectivity index is 2.55. The quantitative estimate of drug-likeness (QED) is 0.772. The lowest BCUT2D eigenvalue weighted by Gasteiger charge is -2.16. The predicted octanol–water partition coefficient (Wildman–Crippen LogP) is 2.45. The van der Waals surface area contributed by atoms with Crippen molar-refractivity contribution in [1.82, 2.24) is 0 Å². The Labute approximate surface area is 102 Å². The van der Waals surface area contributed by atoms with E-state index in [2.05, 4.69) is 5.32 Å². The number of carbonyl (C=O) groups excluding carboxylic acids is 1. The van der Waals surface area contributed by atoms with Gasteiger partial charge in [0.1, 0.15) is 5.75 Å². The molecule has 1 aromatic carbocycles. The van der Waals surface area contributed by atoms with Crippen LogP contribution in [0.1, 0.15) is 20.3 Å². The molecule has 94 valence electrons. The van der Waals surface area contributed by atoms with Gasteiger partial charge in [-0.05, 0) is 26.0 Å². The standard InChI is InChI=1S/C13H19NO3/c1-4-17-13(15)9-10(2)14-11-7-5-6-8-12(11)16-3/h5-8,10,14H,4,9H2,1-3H3. The maximum Gasteiger partial charge on any atom is 0.307 e. The van der Waals surface area contributed by atoms with Crippen molar-refractivity contribution in [2.24, 2.45) is 0 Å². The van der Waals surface area contributed by atoms with E-state index in [1.807, 2.05) is 31.2 Å². The number of hydrogen-bond acceptors (Lipinski definition) is 4. The Morgan fingerprint density at radius 2 is 2.12 bits per heavy atom. The fourth-order valence-corrected chi connectivity index (χ4v) is 1.55. The minimum absolute atomic E-state index is 0.00495. The molecule has 0 saturated heterocycles. The molecule has 0 aromatic heterocycles. The molecule has 0 aliphatic heterocycles. The minimum atomic E-state index is -0.192. The van der Waals surface area contributed by atoms with Crippen LogP contribution >= 0.6 is 0 Å². The number of ether oxygens (including phenoxy) is 2. The zero-order valence-corrected chi connectivity index (χ0v) is 10.5. The molecular weight excluding hydrogens is 218 g/mol. The van der Waals surface area contributed by atoms with Crippen molar-refractivity contribution in [3.05, 3.63) is 24.3 Å². The Morgan fingerprint density at radius 1 is 1.41 bits per heavy atom. The summed E-state index contributed by atoms with van der Waals surface area (Å²) < 4.78 is 10.1. The average molecular weight is 237 g/mol. The first-order valence-electron chi connectivity index (χ1n) is 5.72. The van der Waals surface area contributed by atoms with Crippen molar-refractivity contribution in [2.75, 3.05) is 19.0 Å². The molecule has 0 aliphatic rings. The Hall–Kier alpha value is -1.71. The number of rotatable bonds is 6. The van der Waals surface area contributed by atoms with Gasteiger partial charge in [-0.1, -0.05) is 12.1 Å². The fourth-order valence-electron chi connectivity index (χ4n) is 1.55. The van der Waals surface area contributed by atoms with Crippen molar-refractivity contribution >= 4 is 11.7 Å². The smallest absolute Gasteiger partial charge is 0.307 e. The van der Waals surface area contributed by atoms with Gasteiger partial charge in [0.2, 0.25) is 0 Å². The van der Waals surface area contributed by atoms with Gasteiger partial charge in [0.25, 0.3) is 0 Å². The van der Waals surface area contributed by atoms with E-state index >= 15 is 0 Å². The van der Waals surface area contributed by atoms with Gasteiger partial charge >= 0.3 is 5.97 Å². The molecule has 1 N–H and O–H groups in total. The molecule has 1 aromatic rings. The molecule has 4 nitrogen and oxygen atoms in total. The number of carbonyl (C=O) groups is 1. The maximum atomic E-state index is 11.3. The van der Waals surface area contributed by atoms with Crippen LogP contribution in [0.25, 0.3) is 0 Å². The molecule has 0 spiro atoms. The summed E-state index contributed by atoms with van der Waals surface area (Å²) in [6.07, 6.45) is 0.339. The van der Waals surface area contributed by atoms with E-state index in [9.17, 15) is 4.79 Å². The van der Waals surface area contributed by atoms with Gasteiger partial charge in [-0.25, -0.2) is 0 Å². The van der Waals surface area contributed by atoms with Crippen LogP contribution < -0.4 is 10.1 Å². The van der Waals surface area contributed by atoms with E-state index in [1.165, 1.54) is 0 Å². The van der Waals surface area contributed by atoms with Gasteiger partial charge in [-0.15, -0.1) is 0 Å². The summed E-state index contributed by atoms with van der Waals surface area (Å²) in [6.45, 7) is 4.15. The number of anilines is 1. The van der Waals surface area contributed by atoms with E-state index in [0.717, 1.165) is 11.4 Å². The number of para-hydroxylation sites is 2. The Bertz CT molecular complexity index is 365. The summed E-state index contributed by atoms with van der Waals surface area (Å²) in [5, 5.41) is 3.22. The third-order valence-electron chi connectivity index (χ3n) is 2.29. The molecule has 0 radical (unpaired) electrons. The second kappa shape index (κ2) is 6.78. The Kier molecular flexibility index (Phi) is 5.33. The van der Waals surface area contributed by atoms with Crippen LogP contribution in [-0.4, -0.2) is 25.7 Å². The molecule has 0 aliphatic carbocycles. The first kappa shape index (κ1) is 13.4. The molecule has 1 rings (SSSR count). The molecule has 0 bridgehead atoms. The molecule has 0 amide bonds. The van der Waals surface area contributed by atoms with Gasteiger partial charge in [0.15, 0.2) is 0 Å². The van der Waals surface area contributed by atoms with E-state index in [4.69, 9.17) is 9.47 Å². The van der Waals surface area contributed by atoms with Crippen LogP contribution in [0.3, 0.4) is 0 Å². The predicted molar refractivity (Wildman–Crippen MR) is 67.3 cm³/mol. The highest BCUT2D eigenvalue weighted by Crippen LogP contribution is 2.24. The van der Waals surface area contributed by atoms with Gasteiger partial charge in [-0.3, -0.25) is 4.79 Å². The third kappa shape index (κ3) is 4.34. The third-order valence-corrected chi connectivity index (χ3v) is 2.29. The number of methoxy groups -OCH3 is 1. The van der Waals surface area contributed by atoms with Crippen molar-refractivity contribution in [1.29, 1.82) is 0 Å². The normalized spacial score (nSPS) is 11.7. The van der Waals surface area contributed by atoms with Crippen molar-refractivity contribution in [2.45, 2.75) is 26.3 Å². The largest absolute Gasteiger partial charge is 0.495 e. The van der Waals surface area contributed by atoms with Crippen LogP contribution in [0.4, 0.5) is 5.69 Å². The zero-order valence-electron chi connectivity index (χ0n) is 10.5. The summed E-state index contributed by atoms with van der Waals surface area (Å²) >= 11 is 0. The van der Waals surface area contributed by atoms with Crippen molar-refractivity contribution in [3.63, 3.8) is 0 Å². The van der Waals surface area contributed by atoms with Gasteiger partial charge in [0, 0.05) is 6.04 Å². The summed E-state index contributed by atoms with van der Waals surface area (Å²) in [7, 11) is 1.62. The summed E-state index contributed by atoms with van der Waals surface area (Å²) in [5.41, 5.74) is 0.881. The topological polar surface area (TPSA) is 47.6 Å². The summed E-state index contributed by atoms with van der Waals surface area (Å²) in [4.78, 5) is 11.3. The number of hydrogen-bond donors (Lipinski definition) is 1. The van der Waals surface area contributed by atoms with Crippen LogP contribution in [-0.2, 0) is 9.53 Å². The van der Waals surface area contributed by atoms with Crippen LogP contribution in [0.5, 0.6) is 5.75 Å². The number of nitrogens with one attached hydrogen (secondary N) is 1. The summed E-state index contributed by atoms with van der Waals surface area (Å²) in [6, 6.07) is 7.62. The first-order chi connectivity index (χ1) is 8.17. The Morgan fingerprint density at radius 3 is 2.76 bits per heavy atom. The van der Waals surface area contributed by atoms with Crippen LogP contribution in [0, 0.1) is 0 Å². The lowest BCUT2D eigenvalue weighted by molar-refractivity contribution is -0.143.